The summed E-state index contributed by atoms with van der Waals surface area (Å²) in [7, 11) is 0. The third-order valence-corrected chi connectivity index (χ3v) is 5.17. The molecule has 0 spiro atoms. The van der Waals surface area contributed by atoms with Crippen LogP contribution in [0.25, 0.3) is 0 Å². The van der Waals surface area contributed by atoms with Crippen LogP contribution in [0.15, 0.2) is 36.4 Å². The molecule has 1 N–H and O–H groups in total. The fourth-order valence-corrected chi connectivity index (χ4v) is 3.57. The maximum absolute atomic E-state index is 9.56. The molecule has 1 fully saturated rings. The average Bonchev–Trinajstić information content (AvgIpc) is 2.66. The topological polar surface area (TPSA) is 38.7 Å². The van der Waals surface area contributed by atoms with Crippen LogP contribution in [0, 0.1) is 5.92 Å². The van der Waals surface area contributed by atoms with E-state index in [1.165, 1.54) is 49.7 Å². The Bertz CT molecular complexity index is 515. The number of unbranched alkanes of at least 4 members (excludes halogenated alkanes) is 4. The maximum Gasteiger partial charge on any atom is 0.162 e. The molecule has 0 amide bonds. The quantitative estimate of drug-likeness (QED) is 0.434. The molecule has 0 bridgehead atoms. The Labute approximate surface area is 159 Å². The van der Waals surface area contributed by atoms with E-state index >= 15 is 0 Å². The van der Waals surface area contributed by atoms with Crippen molar-refractivity contribution in [3.8, 4) is 0 Å². The lowest BCUT2D eigenvalue weighted by atomic mass is 9.96. The van der Waals surface area contributed by atoms with E-state index in [1.807, 2.05) is 6.92 Å². The van der Waals surface area contributed by atoms with Crippen LogP contribution in [-0.2, 0) is 15.9 Å². The van der Waals surface area contributed by atoms with E-state index in [9.17, 15) is 5.11 Å². The number of aliphatic hydroxyl groups excluding tert-OH is 1. The van der Waals surface area contributed by atoms with Crippen molar-refractivity contribution in [2.45, 2.75) is 71.0 Å². The molecule has 1 aromatic carbocycles. The first kappa shape index (κ1) is 21.1. The van der Waals surface area contributed by atoms with Gasteiger partial charge in [-0.05, 0) is 37.3 Å². The highest BCUT2D eigenvalue weighted by molar-refractivity contribution is 5.26. The third-order valence-electron chi connectivity index (χ3n) is 5.17. The summed E-state index contributed by atoms with van der Waals surface area (Å²) in [4.78, 5) is 0. The first-order valence-electron chi connectivity index (χ1n) is 10.2. The smallest absolute Gasteiger partial charge is 0.162 e. The molecule has 0 saturated carbocycles. The van der Waals surface area contributed by atoms with Gasteiger partial charge in [0.2, 0.25) is 0 Å². The third kappa shape index (κ3) is 6.86. The van der Waals surface area contributed by atoms with Crippen LogP contribution >= 0.6 is 0 Å². The average molecular weight is 361 g/mol. The molecule has 3 heteroatoms. The molecular weight excluding hydrogens is 324 g/mol. The molecule has 1 saturated heterocycles. The second-order valence-electron chi connectivity index (χ2n) is 7.74. The van der Waals surface area contributed by atoms with Crippen LogP contribution in [0.4, 0.5) is 0 Å². The van der Waals surface area contributed by atoms with Gasteiger partial charge in [-0.15, -0.1) is 6.58 Å². The Balaban J connectivity index is 1.77. The number of benzene rings is 1. The van der Waals surface area contributed by atoms with Gasteiger partial charge in [-0.25, -0.2) is 0 Å². The zero-order chi connectivity index (χ0) is 18.8. The summed E-state index contributed by atoms with van der Waals surface area (Å²) in [5, 5.41) is 9.56. The highest BCUT2D eigenvalue weighted by atomic mass is 16.7. The fraction of sp³-hybridized carbons (Fsp3) is 0.652. The first-order valence-corrected chi connectivity index (χ1v) is 10.2. The van der Waals surface area contributed by atoms with Gasteiger partial charge >= 0.3 is 0 Å². The first-order chi connectivity index (χ1) is 12.6. The van der Waals surface area contributed by atoms with Crippen molar-refractivity contribution in [3.63, 3.8) is 0 Å². The summed E-state index contributed by atoms with van der Waals surface area (Å²) in [6.45, 7) is 9.51. The number of allylic oxidation sites excluding steroid dienone is 1. The highest BCUT2D eigenvalue weighted by Crippen LogP contribution is 2.27. The largest absolute Gasteiger partial charge is 0.396 e. The predicted molar refractivity (Wildman–Crippen MR) is 107 cm³/mol. The van der Waals surface area contributed by atoms with Gasteiger partial charge in [0.05, 0.1) is 19.8 Å². The zero-order valence-electron chi connectivity index (χ0n) is 16.6. The standard InChI is InChI=1S/C23H36O3/c1-4-5-6-7-8-9-19-10-12-20(13-11-19)22-16-25-23(26-17-22)21(15-24)14-18(2)3/h10-13,21-24H,2,4-9,14-17H2,1,3H3. The minimum absolute atomic E-state index is 0.0245. The van der Waals surface area contributed by atoms with E-state index in [4.69, 9.17) is 9.47 Å². The molecule has 0 radical (unpaired) electrons. The molecular formula is C23H36O3. The van der Waals surface area contributed by atoms with Crippen molar-refractivity contribution in [2.75, 3.05) is 19.8 Å². The lowest BCUT2D eigenvalue weighted by Crippen LogP contribution is -2.37. The van der Waals surface area contributed by atoms with Crippen molar-refractivity contribution in [2.24, 2.45) is 5.92 Å². The maximum atomic E-state index is 9.56. The van der Waals surface area contributed by atoms with Gasteiger partial charge in [-0.3, -0.25) is 0 Å². The van der Waals surface area contributed by atoms with E-state index in [0.717, 1.165) is 12.0 Å². The van der Waals surface area contributed by atoms with E-state index < -0.39 is 0 Å². The molecule has 1 aliphatic rings. The second-order valence-corrected chi connectivity index (χ2v) is 7.74. The van der Waals surface area contributed by atoms with Gasteiger partial charge in [0.1, 0.15) is 0 Å². The Morgan fingerprint density at radius 2 is 1.77 bits per heavy atom. The minimum atomic E-state index is -0.324. The number of aryl methyl sites for hydroxylation is 1. The van der Waals surface area contributed by atoms with Gasteiger partial charge in [0.15, 0.2) is 6.29 Å². The van der Waals surface area contributed by atoms with E-state index in [-0.39, 0.29) is 24.7 Å². The van der Waals surface area contributed by atoms with Gasteiger partial charge in [-0.2, -0.15) is 0 Å². The molecule has 1 heterocycles. The molecule has 0 aliphatic carbocycles. The molecule has 1 atom stereocenters. The van der Waals surface area contributed by atoms with E-state index in [1.54, 1.807) is 0 Å². The molecule has 1 unspecified atom stereocenters. The number of hydrogen-bond donors (Lipinski definition) is 1. The van der Waals surface area contributed by atoms with Gasteiger partial charge in [0.25, 0.3) is 0 Å². The van der Waals surface area contributed by atoms with Crippen LogP contribution < -0.4 is 0 Å². The minimum Gasteiger partial charge on any atom is -0.396 e. The summed E-state index contributed by atoms with van der Waals surface area (Å²) < 4.78 is 11.8. The summed E-state index contributed by atoms with van der Waals surface area (Å²) in [5.74, 6) is 0.248. The van der Waals surface area contributed by atoms with Gasteiger partial charge in [-0.1, -0.05) is 62.4 Å². The Morgan fingerprint density at radius 3 is 2.35 bits per heavy atom. The molecule has 26 heavy (non-hydrogen) atoms. The number of aliphatic hydroxyl groups is 1. The Hall–Kier alpha value is -1.16. The number of ether oxygens (including phenoxy) is 2. The van der Waals surface area contributed by atoms with Crippen molar-refractivity contribution in [3.05, 3.63) is 47.5 Å². The summed E-state index contributed by atoms with van der Waals surface area (Å²) >= 11 is 0. The number of hydrogen-bond acceptors (Lipinski definition) is 3. The summed E-state index contributed by atoms with van der Waals surface area (Å²) in [6.07, 6.45) is 8.20. The van der Waals surface area contributed by atoms with Crippen LogP contribution in [0.3, 0.4) is 0 Å². The molecule has 1 aliphatic heterocycles. The lowest BCUT2D eigenvalue weighted by molar-refractivity contribution is -0.217. The zero-order valence-corrected chi connectivity index (χ0v) is 16.6. The van der Waals surface area contributed by atoms with Crippen LogP contribution in [0.5, 0.6) is 0 Å². The van der Waals surface area contributed by atoms with E-state index in [2.05, 4.69) is 37.8 Å². The van der Waals surface area contributed by atoms with Crippen molar-refractivity contribution >= 4 is 0 Å². The molecule has 2 rings (SSSR count). The monoisotopic (exact) mass is 360 g/mol. The fourth-order valence-electron chi connectivity index (χ4n) is 3.57. The second kappa shape index (κ2) is 11.5. The van der Waals surface area contributed by atoms with Crippen molar-refractivity contribution in [1.29, 1.82) is 0 Å². The molecule has 1 aromatic rings. The van der Waals surface area contributed by atoms with E-state index in [0.29, 0.717) is 13.2 Å². The predicted octanol–water partition coefficient (Wildman–Crippen LogP) is 5.23. The number of rotatable bonds is 11. The van der Waals surface area contributed by atoms with Crippen LogP contribution in [-0.4, -0.2) is 31.2 Å². The highest BCUT2D eigenvalue weighted by Gasteiger charge is 2.29. The molecule has 146 valence electrons. The Kier molecular flexibility index (Phi) is 9.38. The van der Waals surface area contributed by atoms with Crippen molar-refractivity contribution in [1.82, 2.24) is 0 Å². The van der Waals surface area contributed by atoms with Gasteiger partial charge < -0.3 is 14.6 Å². The SMILES string of the molecule is C=C(C)CC(CO)C1OCC(c2ccc(CCCCCCC)cc2)CO1. The lowest BCUT2D eigenvalue weighted by Gasteiger charge is -2.34. The summed E-state index contributed by atoms with van der Waals surface area (Å²) in [6, 6.07) is 8.94. The van der Waals surface area contributed by atoms with Gasteiger partial charge in [0, 0.05) is 11.8 Å². The molecule has 0 aromatic heterocycles. The Morgan fingerprint density at radius 1 is 1.12 bits per heavy atom. The van der Waals surface area contributed by atoms with Crippen molar-refractivity contribution < 1.29 is 14.6 Å². The normalized spacial score (nSPS) is 21.5. The molecule has 3 nitrogen and oxygen atoms in total. The van der Waals surface area contributed by atoms with Crippen LogP contribution in [0.1, 0.15) is 69.4 Å². The van der Waals surface area contributed by atoms with Crippen LogP contribution in [0.2, 0.25) is 0 Å². The summed E-state index contributed by atoms with van der Waals surface area (Å²) in [5.41, 5.74) is 3.74.